The summed E-state index contributed by atoms with van der Waals surface area (Å²) in [5.41, 5.74) is 1.22. The van der Waals surface area contributed by atoms with E-state index < -0.39 is 0 Å². The van der Waals surface area contributed by atoms with E-state index >= 15 is 0 Å². The number of ketones is 1. The summed E-state index contributed by atoms with van der Waals surface area (Å²) in [5, 5.41) is 0. The molecule has 0 aliphatic rings. The van der Waals surface area contributed by atoms with Crippen LogP contribution in [0.2, 0.25) is 0 Å². The van der Waals surface area contributed by atoms with Crippen LogP contribution in [-0.2, 0) is 11.2 Å². The number of terminal acetylenes is 1. The average molecular weight is 200 g/mol. The third-order valence-corrected chi connectivity index (χ3v) is 2.31. The first kappa shape index (κ1) is 11.5. The number of Topliss-reactive ketones (excluding diaryl/α,β-unsaturated/α-hetero) is 1. The minimum atomic E-state index is 0.314. The predicted octanol–water partition coefficient (Wildman–Crippen LogP) is 2.99. The fourth-order valence-electron chi connectivity index (χ4n) is 1.44. The van der Waals surface area contributed by atoms with Gasteiger partial charge in [0.1, 0.15) is 5.78 Å². The Bertz CT molecular complexity index is 332. The highest BCUT2D eigenvalue weighted by atomic mass is 16.1. The van der Waals surface area contributed by atoms with Crippen molar-refractivity contribution in [1.29, 1.82) is 0 Å². The molecule has 0 N–H and O–H groups in total. The number of hydrogen-bond acceptors (Lipinski definition) is 1. The lowest BCUT2D eigenvalue weighted by molar-refractivity contribution is -0.119. The van der Waals surface area contributed by atoms with Gasteiger partial charge in [-0.05, 0) is 18.4 Å². The molecule has 0 heterocycles. The minimum absolute atomic E-state index is 0.314. The molecule has 0 saturated heterocycles. The van der Waals surface area contributed by atoms with Crippen molar-refractivity contribution < 1.29 is 4.79 Å². The molecular weight excluding hydrogens is 184 g/mol. The number of hydrogen-bond donors (Lipinski definition) is 0. The van der Waals surface area contributed by atoms with Crippen molar-refractivity contribution in [2.45, 2.75) is 32.1 Å². The molecule has 0 spiro atoms. The van der Waals surface area contributed by atoms with Crippen LogP contribution in [0.25, 0.3) is 0 Å². The molecular formula is C14H16O. The maximum absolute atomic E-state index is 11.4. The van der Waals surface area contributed by atoms with Gasteiger partial charge in [-0.25, -0.2) is 0 Å². The fourth-order valence-corrected chi connectivity index (χ4v) is 1.44. The molecule has 0 saturated carbocycles. The van der Waals surface area contributed by atoms with E-state index in [0.717, 1.165) is 12.8 Å². The molecule has 0 radical (unpaired) electrons. The van der Waals surface area contributed by atoms with Crippen LogP contribution in [0.1, 0.15) is 31.2 Å². The summed E-state index contributed by atoms with van der Waals surface area (Å²) in [6.45, 7) is 0. The average Bonchev–Trinajstić information content (AvgIpc) is 2.28. The van der Waals surface area contributed by atoms with E-state index in [1.807, 2.05) is 18.2 Å². The maximum atomic E-state index is 11.4. The lowest BCUT2D eigenvalue weighted by atomic mass is 10.0. The lowest BCUT2D eigenvalue weighted by Crippen LogP contribution is -1.99. The molecule has 78 valence electrons. The summed E-state index contributed by atoms with van der Waals surface area (Å²) >= 11 is 0. The van der Waals surface area contributed by atoms with E-state index in [1.165, 1.54) is 5.56 Å². The van der Waals surface area contributed by atoms with Crippen LogP contribution in [0.15, 0.2) is 30.3 Å². The molecule has 1 aromatic rings. The first-order valence-corrected chi connectivity index (χ1v) is 5.32. The molecule has 1 nitrogen and oxygen atoms in total. The summed E-state index contributed by atoms with van der Waals surface area (Å²) in [6, 6.07) is 10.1. The van der Waals surface area contributed by atoms with Crippen molar-refractivity contribution in [1.82, 2.24) is 0 Å². The lowest BCUT2D eigenvalue weighted by Gasteiger charge is -2.00. The Morgan fingerprint density at radius 1 is 1.20 bits per heavy atom. The van der Waals surface area contributed by atoms with Crippen LogP contribution in [0.5, 0.6) is 0 Å². The number of benzene rings is 1. The van der Waals surface area contributed by atoms with Gasteiger partial charge in [0.15, 0.2) is 0 Å². The normalized spacial score (nSPS) is 9.53. The zero-order valence-electron chi connectivity index (χ0n) is 8.91. The van der Waals surface area contributed by atoms with Crippen molar-refractivity contribution in [3.8, 4) is 12.3 Å². The summed E-state index contributed by atoms with van der Waals surface area (Å²) in [5.74, 6) is 2.86. The first-order chi connectivity index (χ1) is 7.33. The zero-order valence-corrected chi connectivity index (χ0v) is 8.91. The van der Waals surface area contributed by atoms with Crippen LogP contribution in [0.3, 0.4) is 0 Å². The third kappa shape index (κ3) is 5.02. The Hall–Kier alpha value is -1.55. The minimum Gasteiger partial charge on any atom is -0.300 e. The molecule has 0 aliphatic carbocycles. The molecule has 1 heteroatoms. The fraction of sp³-hybridized carbons (Fsp3) is 0.357. The summed E-state index contributed by atoms with van der Waals surface area (Å²) in [4.78, 5) is 11.4. The molecule has 1 rings (SSSR count). The SMILES string of the molecule is C#CCCCC(=O)CCc1ccccc1. The summed E-state index contributed by atoms with van der Waals surface area (Å²) < 4.78 is 0. The highest BCUT2D eigenvalue weighted by molar-refractivity contribution is 5.78. The van der Waals surface area contributed by atoms with Crippen LogP contribution >= 0.6 is 0 Å². The smallest absolute Gasteiger partial charge is 0.133 e. The number of unbranched alkanes of at least 4 members (excludes halogenated alkanes) is 1. The summed E-state index contributed by atoms with van der Waals surface area (Å²) in [6.07, 6.45) is 8.75. The number of carbonyl (C=O) groups is 1. The maximum Gasteiger partial charge on any atom is 0.133 e. The highest BCUT2D eigenvalue weighted by Gasteiger charge is 2.01. The van der Waals surface area contributed by atoms with E-state index in [9.17, 15) is 4.79 Å². The van der Waals surface area contributed by atoms with Crippen molar-refractivity contribution in [2.24, 2.45) is 0 Å². The monoisotopic (exact) mass is 200 g/mol. The number of rotatable bonds is 6. The Balaban J connectivity index is 2.20. The van der Waals surface area contributed by atoms with E-state index in [2.05, 4.69) is 18.1 Å². The Labute approximate surface area is 91.5 Å². The largest absolute Gasteiger partial charge is 0.300 e. The van der Waals surface area contributed by atoms with Gasteiger partial charge in [-0.3, -0.25) is 4.79 Å². The van der Waals surface area contributed by atoms with Crippen LogP contribution in [-0.4, -0.2) is 5.78 Å². The van der Waals surface area contributed by atoms with Crippen molar-refractivity contribution in [3.63, 3.8) is 0 Å². The Kier molecular flexibility index (Phi) is 5.25. The topological polar surface area (TPSA) is 17.1 Å². The van der Waals surface area contributed by atoms with Gasteiger partial charge in [0.2, 0.25) is 0 Å². The quantitative estimate of drug-likeness (QED) is 0.509. The van der Waals surface area contributed by atoms with Gasteiger partial charge in [0, 0.05) is 19.3 Å². The second kappa shape index (κ2) is 6.84. The molecule has 15 heavy (non-hydrogen) atoms. The number of aryl methyl sites for hydroxylation is 1. The molecule has 0 unspecified atom stereocenters. The zero-order chi connectivity index (χ0) is 10.9. The standard InChI is InChI=1S/C14H16O/c1-2-3-5-10-14(15)12-11-13-8-6-4-7-9-13/h1,4,6-9H,3,5,10-12H2. The van der Waals surface area contributed by atoms with E-state index in [-0.39, 0.29) is 0 Å². The van der Waals surface area contributed by atoms with Gasteiger partial charge < -0.3 is 0 Å². The predicted molar refractivity (Wildman–Crippen MR) is 62.5 cm³/mol. The Morgan fingerprint density at radius 3 is 2.60 bits per heavy atom. The number of carbonyl (C=O) groups excluding carboxylic acids is 1. The molecule has 0 aromatic heterocycles. The van der Waals surface area contributed by atoms with Gasteiger partial charge in [0.05, 0.1) is 0 Å². The van der Waals surface area contributed by atoms with E-state index in [1.54, 1.807) is 0 Å². The van der Waals surface area contributed by atoms with Gasteiger partial charge in [-0.15, -0.1) is 12.3 Å². The van der Waals surface area contributed by atoms with Crippen LogP contribution in [0.4, 0.5) is 0 Å². The molecule has 0 bridgehead atoms. The van der Waals surface area contributed by atoms with Crippen LogP contribution in [0, 0.1) is 12.3 Å². The summed E-state index contributed by atoms with van der Waals surface area (Å²) in [7, 11) is 0. The first-order valence-electron chi connectivity index (χ1n) is 5.32. The Morgan fingerprint density at radius 2 is 1.93 bits per heavy atom. The van der Waals surface area contributed by atoms with Gasteiger partial charge in [-0.2, -0.15) is 0 Å². The molecule has 1 aromatic carbocycles. The molecule has 0 fully saturated rings. The van der Waals surface area contributed by atoms with E-state index in [0.29, 0.717) is 25.0 Å². The van der Waals surface area contributed by atoms with E-state index in [4.69, 9.17) is 6.42 Å². The van der Waals surface area contributed by atoms with Gasteiger partial charge in [-0.1, -0.05) is 30.3 Å². The van der Waals surface area contributed by atoms with Crippen molar-refractivity contribution in [3.05, 3.63) is 35.9 Å². The molecule has 0 amide bonds. The van der Waals surface area contributed by atoms with Crippen molar-refractivity contribution in [2.75, 3.05) is 0 Å². The second-order valence-electron chi connectivity index (χ2n) is 3.58. The third-order valence-electron chi connectivity index (χ3n) is 2.31. The van der Waals surface area contributed by atoms with Gasteiger partial charge >= 0.3 is 0 Å². The second-order valence-corrected chi connectivity index (χ2v) is 3.58. The van der Waals surface area contributed by atoms with Gasteiger partial charge in [0.25, 0.3) is 0 Å². The van der Waals surface area contributed by atoms with Crippen molar-refractivity contribution >= 4 is 5.78 Å². The van der Waals surface area contributed by atoms with Crippen LogP contribution < -0.4 is 0 Å². The highest BCUT2D eigenvalue weighted by Crippen LogP contribution is 2.05. The molecule has 0 aliphatic heterocycles. The molecule has 0 atom stereocenters.